The van der Waals surface area contributed by atoms with Crippen LogP contribution in [0.25, 0.3) is 0 Å². The van der Waals surface area contributed by atoms with Crippen molar-refractivity contribution in [1.29, 1.82) is 0 Å². The molecule has 1 heterocycles. The summed E-state index contributed by atoms with van der Waals surface area (Å²) in [6.07, 6.45) is 0. The van der Waals surface area contributed by atoms with Crippen molar-refractivity contribution < 1.29 is 9.53 Å². The summed E-state index contributed by atoms with van der Waals surface area (Å²) in [6.45, 7) is 5.47. The van der Waals surface area contributed by atoms with E-state index in [0.717, 1.165) is 0 Å². The van der Waals surface area contributed by atoms with Gasteiger partial charge in [-0.25, -0.2) is 9.78 Å². The molecule has 0 radical (unpaired) electrons. The predicted molar refractivity (Wildman–Crippen MR) is 52.5 cm³/mol. The SMILES string of the molecule is CCOC(=O)c1nc(Cl)c(C)nc1C. The van der Waals surface area contributed by atoms with Crippen LogP contribution in [0.1, 0.15) is 28.8 Å². The fraction of sp³-hybridized carbons (Fsp3) is 0.444. The van der Waals surface area contributed by atoms with Crippen LogP contribution in [0.3, 0.4) is 0 Å². The summed E-state index contributed by atoms with van der Waals surface area (Å²) < 4.78 is 4.80. The van der Waals surface area contributed by atoms with Gasteiger partial charge < -0.3 is 4.74 Å². The topological polar surface area (TPSA) is 52.1 Å². The third-order valence-corrected chi connectivity index (χ3v) is 2.01. The van der Waals surface area contributed by atoms with E-state index < -0.39 is 5.97 Å². The number of hydrogen-bond acceptors (Lipinski definition) is 4. The average Bonchev–Trinajstić information content (AvgIpc) is 2.11. The molecule has 0 saturated carbocycles. The smallest absolute Gasteiger partial charge is 0.358 e. The molecule has 0 atom stereocenters. The van der Waals surface area contributed by atoms with Gasteiger partial charge in [-0.1, -0.05) is 11.6 Å². The van der Waals surface area contributed by atoms with Crippen molar-refractivity contribution in [3.8, 4) is 0 Å². The van der Waals surface area contributed by atoms with Crippen molar-refractivity contribution in [3.05, 3.63) is 22.2 Å². The number of halogens is 1. The molecule has 14 heavy (non-hydrogen) atoms. The second kappa shape index (κ2) is 4.37. The molecule has 0 aliphatic carbocycles. The summed E-state index contributed by atoms with van der Waals surface area (Å²) in [5, 5.41) is 0.235. The third-order valence-electron chi connectivity index (χ3n) is 1.66. The fourth-order valence-electron chi connectivity index (χ4n) is 1.00. The second-order valence-corrected chi connectivity index (χ2v) is 3.11. The molecule has 1 aromatic rings. The minimum atomic E-state index is -0.487. The first kappa shape index (κ1) is 10.9. The Morgan fingerprint density at radius 2 is 2.00 bits per heavy atom. The maximum atomic E-state index is 11.3. The summed E-state index contributed by atoms with van der Waals surface area (Å²) >= 11 is 5.75. The van der Waals surface area contributed by atoms with E-state index in [1.54, 1.807) is 20.8 Å². The van der Waals surface area contributed by atoms with Gasteiger partial charge in [-0.15, -0.1) is 0 Å². The number of hydrogen-bond donors (Lipinski definition) is 0. The molecule has 0 unspecified atom stereocenters. The highest BCUT2D eigenvalue weighted by Crippen LogP contribution is 2.13. The van der Waals surface area contributed by atoms with Crippen molar-refractivity contribution in [2.24, 2.45) is 0 Å². The summed E-state index contributed by atoms with van der Waals surface area (Å²) in [4.78, 5) is 19.3. The summed E-state index contributed by atoms with van der Waals surface area (Å²) in [6, 6.07) is 0. The number of rotatable bonds is 2. The van der Waals surface area contributed by atoms with Crippen LogP contribution < -0.4 is 0 Å². The molecule has 0 spiro atoms. The van der Waals surface area contributed by atoms with Crippen molar-refractivity contribution in [1.82, 2.24) is 9.97 Å². The minimum Gasteiger partial charge on any atom is -0.461 e. The van der Waals surface area contributed by atoms with Crippen LogP contribution in [-0.4, -0.2) is 22.5 Å². The van der Waals surface area contributed by atoms with E-state index in [9.17, 15) is 4.79 Å². The Hall–Kier alpha value is -1.16. The zero-order chi connectivity index (χ0) is 10.7. The van der Waals surface area contributed by atoms with Gasteiger partial charge in [0.05, 0.1) is 18.0 Å². The largest absolute Gasteiger partial charge is 0.461 e. The van der Waals surface area contributed by atoms with Crippen LogP contribution in [0.2, 0.25) is 5.15 Å². The number of esters is 1. The molecule has 0 aliphatic heterocycles. The quantitative estimate of drug-likeness (QED) is 0.706. The Bertz CT molecular complexity index is 366. The third kappa shape index (κ3) is 2.20. The predicted octanol–water partition coefficient (Wildman–Crippen LogP) is 1.92. The highest BCUT2D eigenvalue weighted by Gasteiger charge is 2.15. The van der Waals surface area contributed by atoms with E-state index in [2.05, 4.69) is 9.97 Å². The van der Waals surface area contributed by atoms with E-state index >= 15 is 0 Å². The van der Waals surface area contributed by atoms with Crippen LogP contribution in [0, 0.1) is 13.8 Å². The molecule has 0 aliphatic rings. The molecule has 0 bridgehead atoms. The van der Waals surface area contributed by atoms with E-state index in [0.29, 0.717) is 18.0 Å². The van der Waals surface area contributed by atoms with Gasteiger partial charge in [0.1, 0.15) is 0 Å². The van der Waals surface area contributed by atoms with Crippen LogP contribution in [0.5, 0.6) is 0 Å². The van der Waals surface area contributed by atoms with Crippen molar-refractivity contribution in [2.45, 2.75) is 20.8 Å². The number of carbonyl (C=O) groups excluding carboxylic acids is 1. The van der Waals surface area contributed by atoms with E-state index in [4.69, 9.17) is 16.3 Å². The first-order chi connectivity index (χ1) is 6.56. The molecule has 1 aromatic heterocycles. The highest BCUT2D eigenvalue weighted by atomic mass is 35.5. The lowest BCUT2D eigenvalue weighted by Crippen LogP contribution is -2.11. The first-order valence-corrected chi connectivity index (χ1v) is 4.62. The van der Waals surface area contributed by atoms with E-state index in [-0.39, 0.29) is 10.8 Å². The van der Waals surface area contributed by atoms with Gasteiger partial charge in [0.25, 0.3) is 0 Å². The molecular formula is C9H11ClN2O2. The lowest BCUT2D eigenvalue weighted by Gasteiger charge is -2.05. The lowest BCUT2D eigenvalue weighted by molar-refractivity contribution is 0.0518. The van der Waals surface area contributed by atoms with Crippen molar-refractivity contribution >= 4 is 17.6 Å². The molecule has 5 heteroatoms. The van der Waals surface area contributed by atoms with E-state index in [1.807, 2.05) is 0 Å². The Labute approximate surface area is 87.3 Å². The minimum absolute atomic E-state index is 0.183. The number of carbonyl (C=O) groups is 1. The van der Waals surface area contributed by atoms with Gasteiger partial charge >= 0.3 is 5.97 Å². The van der Waals surface area contributed by atoms with Crippen LogP contribution in [0.4, 0.5) is 0 Å². The Morgan fingerprint density at radius 1 is 1.36 bits per heavy atom. The Morgan fingerprint density at radius 3 is 2.57 bits per heavy atom. The molecule has 0 fully saturated rings. The second-order valence-electron chi connectivity index (χ2n) is 2.75. The zero-order valence-corrected chi connectivity index (χ0v) is 9.05. The average molecular weight is 215 g/mol. The molecule has 4 nitrogen and oxygen atoms in total. The first-order valence-electron chi connectivity index (χ1n) is 4.24. The summed E-state index contributed by atoms with van der Waals surface area (Å²) in [5.41, 5.74) is 1.32. The molecule has 0 aromatic carbocycles. The highest BCUT2D eigenvalue weighted by molar-refractivity contribution is 6.30. The molecule has 0 N–H and O–H groups in total. The molecule has 76 valence electrons. The van der Waals surface area contributed by atoms with Gasteiger partial charge in [0.15, 0.2) is 10.8 Å². The van der Waals surface area contributed by atoms with Crippen molar-refractivity contribution in [3.63, 3.8) is 0 Å². The van der Waals surface area contributed by atoms with Gasteiger partial charge in [-0.05, 0) is 20.8 Å². The van der Waals surface area contributed by atoms with Crippen LogP contribution in [-0.2, 0) is 4.74 Å². The maximum absolute atomic E-state index is 11.3. The number of aryl methyl sites for hydroxylation is 2. The fourth-order valence-corrected chi connectivity index (χ4v) is 1.13. The summed E-state index contributed by atoms with van der Waals surface area (Å²) in [5.74, 6) is -0.487. The van der Waals surface area contributed by atoms with Crippen LogP contribution >= 0.6 is 11.6 Å². The molecule has 0 saturated heterocycles. The van der Waals surface area contributed by atoms with Gasteiger partial charge in [0, 0.05) is 0 Å². The zero-order valence-electron chi connectivity index (χ0n) is 8.30. The molecular weight excluding hydrogens is 204 g/mol. The van der Waals surface area contributed by atoms with E-state index in [1.165, 1.54) is 0 Å². The van der Waals surface area contributed by atoms with Crippen molar-refractivity contribution in [2.75, 3.05) is 6.61 Å². The molecule has 1 rings (SSSR count). The van der Waals surface area contributed by atoms with Gasteiger partial charge in [-0.3, -0.25) is 4.98 Å². The maximum Gasteiger partial charge on any atom is 0.358 e. The van der Waals surface area contributed by atoms with Crippen LogP contribution in [0.15, 0.2) is 0 Å². The molecule has 0 amide bonds. The Kier molecular flexibility index (Phi) is 3.41. The standard InChI is InChI=1S/C9H11ClN2O2/c1-4-14-9(13)7-5(2)11-6(3)8(10)12-7/h4H2,1-3H3. The number of aromatic nitrogens is 2. The Balaban J connectivity index is 3.09. The summed E-state index contributed by atoms with van der Waals surface area (Å²) in [7, 11) is 0. The van der Waals surface area contributed by atoms with Gasteiger partial charge in [0.2, 0.25) is 0 Å². The lowest BCUT2D eigenvalue weighted by atomic mass is 10.3. The number of ether oxygens (including phenoxy) is 1. The normalized spacial score (nSPS) is 10.0. The number of nitrogens with zero attached hydrogens (tertiary/aromatic N) is 2. The monoisotopic (exact) mass is 214 g/mol. The van der Waals surface area contributed by atoms with Gasteiger partial charge in [-0.2, -0.15) is 0 Å².